The molecule has 0 amide bonds. The van der Waals surface area contributed by atoms with Gasteiger partial charge in [-0.3, -0.25) is 0 Å². The first-order chi connectivity index (χ1) is 10.1. The summed E-state index contributed by atoms with van der Waals surface area (Å²) in [6.45, 7) is 2.83. The Kier molecular flexibility index (Phi) is 6.68. The monoisotopic (exact) mass is 389 g/mol. The first-order valence-electron chi connectivity index (χ1n) is 7.02. The molecule has 0 fully saturated rings. The molecule has 1 aromatic carbocycles. The number of aryl methyl sites for hydroxylation is 1. The Hall–Kier alpha value is -0.420. The zero-order chi connectivity index (χ0) is 15.2. The van der Waals surface area contributed by atoms with Crippen molar-refractivity contribution in [3.63, 3.8) is 0 Å². The van der Waals surface area contributed by atoms with Crippen LogP contribution >= 0.6 is 38.9 Å². The van der Waals surface area contributed by atoms with Gasteiger partial charge in [0, 0.05) is 21.0 Å². The normalized spacial score (nSPS) is 12.6. The van der Waals surface area contributed by atoms with Gasteiger partial charge in [-0.1, -0.05) is 30.7 Å². The van der Waals surface area contributed by atoms with E-state index < -0.39 is 0 Å². The van der Waals surface area contributed by atoms with Crippen molar-refractivity contribution in [1.29, 1.82) is 0 Å². The van der Waals surface area contributed by atoms with Crippen molar-refractivity contribution in [3.05, 3.63) is 55.4 Å². The summed E-state index contributed by atoms with van der Waals surface area (Å²) in [6.07, 6.45) is 2.94. The Morgan fingerprint density at radius 3 is 2.86 bits per heavy atom. The molecule has 0 aliphatic rings. The molecule has 0 saturated carbocycles. The lowest BCUT2D eigenvalue weighted by Crippen LogP contribution is -2.22. The maximum atomic E-state index is 14.3. The van der Waals surface area contributed by atoms with Crippen molar-refractivity contribution in [3.8, 4) is 0 Å². The van der Waals surface area contributed by atoms with Crippen molar-refractivity contribution in [2.24, 2.45) is 0 Å². The van der Waals surface area contributed by atoms with E-state index in [1.165, 1.54) is 4.88 Å². The summed E-state index contributed by atoms with van der Waals surface area (Å²) in [4.78, 5) is 1.37. The highest BCUT2D eigenvalue weighted by molar-refractivity contribution is 9.10. The molecule has 2 aromatic rings. The highest BCUT2D eigenvalue weighted by Crippen LogP contribution is 2.32. The lowest BCUT2D eigenvalue weighted by atomic mass is 10.00. The third-order valence-electron chi connectivity index (χ3n) is 3.39. The van der Waals surface area contributed by atoms with E-state index in [1.54, 1.807) is 11.3 Å². The van der Waals surface area contributed by atoms with E-state index >= 15 is 0 Å². The highest BCUT2D eigenvalue weighted by Gasteiger charge is 2.18. The van der Waals surface area contributed by atoms with Crippen LogP contribution < -0.4 is 5.32 Å². The molecule has 1 atom stereocenters. The fourth-order valence-electron chi connectivity index (χ4n) is 2.36. The molecule has 0 radical (unpaired) electrons. The van der Waals surface area contributed by atoms with Crippen LogP contribution in [0.1, 0.15) is 36.2 Å². The number of rotatable bonds is 7. The lowest BCUT2D eigenvalue weighted by Gasteiger charge is -2.19. The van der Waals surface area contributed by atoms with Gasteiger partial charge in [0.05, 0.1) is 5.02 Å². The topological polar surface area (TPSA) is 12.0 Å². The number of hydrogen-bond donors (Lipinski definition) is 1. The van der Waals surface area contributed by atoms with Crippen molar-refractivity contribution < 1.29 is 4.39 Å². The molecule has 0 saturated heterocycles. The van der Waals surface area contributed by atoms with Crippen LogP contribution in [-0.4, -0.2) is 6.54 Å². The van der Waals surface area contributed by atoms with E-state index in [1.807, 2.05) is 19.1 Å². The van der Waals surface area contributed by atoms with Gasteiger partial charge in [-0.25, -0.2) is 4.39 Å². The fraction of sp³-hybridized carbons (Fsp3) is 0.375. The van der Waals surface area contributed by atoms with Gasteiger partial charge < -0.3 is 5.32 Å². The van der Waals surface area contributed by atoms with Gasteiger partial charge in [0.15, 0.2) is 0 Å². The Bertz CT molecular complexity index is 574. The molecule has 1 N–H and O–H groups in total. The second kappa shape index (κ2) is 8.28. The number of hydrogen-bond acceptors (Lipinski definition) is 2. The Morgan fingerprint density at radius 1 is 1.38 bits per heavy atom. The quantitative estimate of drug-likeness (QED) is 0.574. The summed E-state index contributed by atoms with van der Waals surface area (Å²) in [6, 6.07) is 7.83. The minimum atomic E-state index is -0.326. The molecule has 1 nitrogen and oxygen atoms in total. The molecule has 114 valence electrons. The third-order valence-corrected chi connectivity index (χ3v) is 5.58. The largest absolute Gasteiger partial charge is 0.310 e. The zero-order valence-electron chi connectivity index (χ0n) is 11.8. The van der Waals surface area contributed by atoms with E-state index in [0.29, 0.717) is 10.0 Å². The van der Waals surface area contributed by atoms with Crippen molar-refractivity contribution in [2.75, 3.05) is 6.54 Å². The molecule has 0 bridgehead atoms. The van der Waals surface area contributed by atoms with Crippen LogP contribution in [0.5, 0.6) is 0 Å². The van der Waals surface area contributed by atoms with Gasteiger partial charge in [0.25, 0.3) is 0 Å². The molecule has 0 spiro atoms. The van der Waals surface area contributed by atoms with Gasteiger partial charge in [-0.15, -0.1) is 11.3 Å². The van der Waals surface area contributed by atoms with Crippen LogP contribution in [0.25, 0.3) is 0 Å². The number of benzene rings is 1. The van der Waals surface area contributed by atoms with Crippen LogP contribution in [0.4, 0.5) is 4.39 Å². The van der Waals surface area contributed by atoms with E-state index in [0.717, 1.165) is 25.8 Å². The lowest BCUT2D eigenvalue weighted by molar-refractivity contribution is 0.473. The summed E-state index contributed by atoms with van der Waals surface area (Å²) in [5.41, 5.74) is 0.649. The molecule has 21 heavy (non-hydrogen) atoms. The van der Waals surface area contributed by atoms with Gasteiger partial charge in [-0.2, -0.15) is 0 Å². The number of nitrogens with one attached hydrogen (secondary N) is 1. The first kappa shape index (κ1) is 16.9. The molecule has 1 aromatic heterocycles. The zero-order valence-corrected chi connectivity index (χ0v) is 15.0. The second-order valence-corrected chi connectivity index (χ2v) is 7.11. The van der Waals surface area contributed by atoms with Crippen LogP contribution in [-0.2, 0) is 6.42 Å². The summed E-state index contributed by atoms with van der Waals surface area (Å²) in [5.74, 6) is -0.326. The minimum Gasteiger partial charge on any atom is -0.310 e. The van der Waals surface area contributed by atoms with Crippen molar-refractivity contribution in [2.45, 2.75) is 32.2 Å². The molecule has 1 heterocycles. The standard InChI is InChI=1S/C16H18BrClFNS/c1-2-20-14(7-3-5-11-6-4-10-21-11)12-8-9-13(17)15(18)16(12)19/h4,6,8-10,14,20H,2-3,5,7H2,1H3. The average Bonchev–Trinajstić information content (AvgIpc) is 2.98. The smallest absolute Gasteiger partial charge is 0.147 e. The van der Waals surface area contributed by atoms with E-state index in [9.17, 15) is 4.39 Å². The van der Waals surface area contributed by atoms with Gasteiger partial charge in [0.1, 0.15) is 5.82 Å². The van der Waals surface area contributed by atoms with Gasteiger partial charge in [0.2, 0.25) is 0 Å². The van der Waals surface area contributed by atoms with E-state index in [-0.39, 0.29) is 16.9 Å². The highest BCUT2D eigenvalue weighted by atomic mass is 79.9. The maximum absolute atomic E-state index is 14.3. The fourth-order valence-corrected chi connectivity index (χ4v) is 3.59. The average molecular weight is 391 g/mol. The molecular weight excluding hydrogens is 373 g/mol. The summed E-state index contributed by atoms with van der Waals surface area (Å²) in [7, 11) is 0. The molecule has 2 rings (SSSR count). The summed E-state index contributed by atoms with van der Waals surface area (Å²) >= 11 is 11.0. The molecule has 0 aliphatic carbocycles. The summed E-state index contributed by atoms with van der Waals surface area (Å²) in [5, 5.41) is 5.61. The van der Waals surface area contributed by atoms with Crippen LogP contribution in [0.3, 0.4) is 0 Å². The Labute approximate surface area is 142 Å². The minimum absolute atomic E-state index is 0.000521. The summed E-state index contributed by atoms with van der Waals surface area (Å²) < 4.78 is 14.9. The first-order valence-corrected chi connectivity index (χ1v) is 9.07. The van der Waals surface area contributed by atoms with Crippen molar-refractivity contribution in [1.82, 2.24) is 5.32 Å². The SMILES string of the molecule is CCNC(CCCc1cccs1)c1ccc(Br)c(Cl)c1F. The predicted molar refractivity (Wildman–Crippen MR) is 92.8 cm³/mol. The predicted octanol–water partition coefficient (Wildman–Crippen LogP) is 5.98. The van der Waals surface area contributed by atoms with Crippen LogP contribution in [0, 0.1) is 5.82 Å². The van der Waals surface area contributed by atoms with E-state index in [2.05, 4.69) is 38.8 Å². The Balaban J connectivity index is 2.06. The number of thiophene rings is 1. The number of halogens is 3. The molecule has 5 heteroatoms. The van der Waals surface area contributed by atoms with Gasteiger partial charge in [-0.05, 0) is 59.2 Å². The van der Waals surface area contributed by atoms with E-state index in [4.69, 9.17) is 11.6 Å². The molecule has 1 unspecified atom stereocenters. The third kappa shape index (κ3) is 4.52. The van der Waals surface area contributed by atoms with Crippen molar-refractivity contribution >= 4 is 38.9 Å². The molecular formula is C16H18BrClFNS. The van der Waals surface area contributed by atoms with Gasteiger partial charge >= 0.3 is 0 Å². The maximum Gasteiger partial charge on any atom is 0.147 e. The Morgan fingerprint density at radius 2 is 2.19 bits per heavy atom. The second-order valence-electron chi connectivity index (χ2n) is 4.85. The molecule has 0 aliphatic heterocycles. The van der Waals surface area contributed by atoms with Crippen LogP contribution in [0.15, 0.2) is 34.1 Å². The van der Waals surface area contributed by atoms with Crippen LogP contribution in [0.2, 0.25) is 5.02 Å².